The van der Waals surface area contributed by atoms with E-state index in [9.17, 15) is 0 Å². The third kappa shape index (κ3) is 3.15. The zero-order valence-corrected chi connectivity index (χ0v) is 11.6. The monoisotopic (exact) mass is 281 g/mol. The molecule has 0 bridgehead atoms. The number of halogens is 1. The summed E-state index contributed by atoms with van der Waals surface area (Å²) in [4.78, 5) is 4.17. The minimum atomic E-state index is 0.439. The highest BCUT2D eigenvalue weighted by molar-refractivity contribution is 6.32. The van der Waals surface area contributed by atoms with Crippen molar-refractivity contribution >= 4 is 28.9 Å². The van der Waals surface area contributed by atoms with Crippen molar-refractivity contribution in [3.63, 3.8) is 0 Å². The lowest BCUT2D eigenvalue weighted by atomic mass is 10.4. The molecule has 0 spiro atoms. The van der Waals surface area contributed by atoms with Crippen molar-refractivity contribution in [1.82, 2.24) is 14.8 Å². The number of pyridine rings is 1. The molecule has 2 aromatic heterocycles. The average molecular weight is 282 g/mol. The minimum absolute atomic E-state index is 0.439. The van der Waals surface area contributed by atoms with Crippen LogP contribution in [0.3, 0.4) is 0 Å². The summed E-state index contributed by atoms with van der Waals surface area (Å²) in [7, 11) is 1.64. The van der Waals surface area contributed by atoms with Gasteiger partial charge in [-0.15, -0.1) is 0 Å². The van der Waals surface area contributed by atoms with Crippen LogP contribution in [0, 0.1) is 0 Å². The van der Waals surface area contributed by atoms with Crippen molar-refractivity contribution < 1.29 is 4.74 Å². The van der Waals surface area contributed by atoms with Gasteiger partial charge < -0.3 is 15.8 Å². The molecule has 0 aromatic carbocycles. The van der Waals surface area contributed by atoms with Crippen LogP contribution in [0.15, 0.2) is 18.3 Å². The molecular formula is C12H16ClN5O. The second-order valence-corrected chi connectivity index (χ2v) is 4.39. The van der Waals surface area contributed by atoms with Gasteiger partial charge in [0.05, 0.1) is 23.0 Å². The molecule has 0 radical (unpaired) electrons. The third-order valence-corrected chi connectivity index (χ3v) is 2.88. The standard InChI is InChI=1S/C12H16ClN5O/c1-3-18-12(4-8(17-18)7-19-2)16-11-5-10(14)9(13)6-15-11/h4-6H,3,7H2,1-2H3,(H3,14,15,16). The Labute approximate surface area is 116 Å². The third-order valence-electron chi connectivity index (χ3n) is 2.56. The number of nitrogens with two attached hydrogens (primary N) is 1. The van der Waals surface area contributed by atoms with Gasteiger partial charge in [-0.05, 0) is 6.92 Å². The number of hydrogen-bond donors (Lipinski definition) is 2. The van der Waals surface area contributed by atoms with Gasteiger partial charge in [0.15, 0.2) is 0 Å². The van der Waals surface area contributed by atoms with Gasteiger partial charge in [-0.1, -0.05) is 11.6 Å². The van der Waals surface area contributed by atoms with Crippen LogP contribution in [-0.4, -0.2) is 21.9 Å². The number of anilines is 3. The van der Waals surface area contributed by atoms with Gasteiger partial charge in [-0.3, -0.25) is 0 Å². The molecule has 0 saturated heterocycles. The number of methoxy groups -OCH3 is 1. The van der Waals surface area contributed by atoms with Crippen LogP contribution >= 0.6 is 11.6 Å². The Morgan fingerprint density at radius 2 is 2.26 bits per heavy atom. The number of rotatable bonds is 5. The Morgan fingerprint density at radius 3 is 2.89 bits per heavy atom. The summed E-state index contributed by atoms with van der Waals surface area (Å²) in [6.45, 7) is 3.23. The van der Waals surface area contributed by atoms with Crippen molar-refractivity contribution in [3.05, 3.63) is 29.0 Å². The maximum absolute atomic E-state index is 5.84. The van der Waals surface area contributed by atoms with E-state index in [-0.39, 0.29) is 0 Å². The molecule has 7 heteroatoms. The summed E-state index contributed by atoms with van der Waals surface area (Å²) >= 11 is 5.84. The number of ether oxygens (including phenoxy) is 1. The number of hydrogen-bond acceptors (Lipinski definition) is 5. The van der Waals surface area contributed by atoms with Crippen molar-refractivity contribution in [2.45, 2.75) is 20.1 Å². The van der Waals surface area contributed by atoms with Crippen LogP contribution < -0.4 is 11.1 Å². The highest BCUT2D eigenvalue weighted by atomic mass is 35.5. The number of aryl methyl sites for hydroxylation is 1. The molecule has 3 N–H and O–H groups in total. The summed E-state index contributed by atoms with van der Waals surface area (Å²) < 4.78 is 6.90. The van der Waals surface area contributed by atoms with E-state index in [0.717, 1.165) is 18.1 Å². The van der Waals surface area contributed by atoms with E-state index in [4.69, 9.17) is 22.1 Å². The van der Waals surface area contributed by atoms with E-state index in [2.05, 4.69) is 15.4 Å². The zero-order chi connectivity index (χ0) is 13.8. The molecule has 0 saturated carbocycles. The van der Waals surface area contributed by atoms with E-state index < -0.39 is 0 Å². The van der Waals surface area contributed by atoms with Gasteiger partial charge >= 0.3 is 0 Å². The van der Waals surface area contributed by atoms with Crippen LogP contribution in [0.5, 0.6) is 0 Å². The van der Waals surface area contributed by atoms with Crippen molar-refractivity contribution in [2.24, 2.45) is 0 Å². The maximum Gasteiger partial charge on any atom is 0.133 e. The van der Waals surface area contributed by atoms with Crippen molar-refractivity contribution in [2.75, 3.05) is 18.2 Å². The summed E-state index contributed by atoms with van der Waals surface area (Å²) in [5.74, 6) is 1.46. The quantitative estimate of drug-likeness (QED) is 0.880. The maximum atomic E-state index is 5.84. The Bertz CT molecular complexity index is 569. The summed E-state index contributed by atoms with van der Waals surface area (Å²) in [6.07, 6.45) is 1.52. The number of nitrogen functional groups attached to an aromatic ring is 1. The molecule has 0 aliphatic carbocycles. The smallest absolute Gasteiger partial charge is 0.133 e. The summed E-state index contributed by atoms with van der Waals surface area (Å²) in [6, 6.07) is 3.60. The number of aromatic nitrogens is 3. The molecule has 19 heavy (non-hydrogen) atoms. The molecule has 2 aromatic rings. The molecule has 2 rings (SSSR count). The molecule has 0 atom stereocenters. The highest BCUT2D eigenvalue weighted by Gasteiger charge is 2.08. The van der Waals surface area contributed by atoms with Gasteiger partial charge in [0.2, 0.25) is 0 Å². The van der Waals surface area contributed by atoms with E-state index in [1.807, 2.05) is 17.7 Å². The first-order valence-electron chi connectivity index (χ1n) is 5.87. The molecule has 2 heterocycles. The first-order valence-corrected chi connectivity index (χ1v) is 6.25. The lowest BCUT2D eigenvalue weighted by molar-refractivity contribution is 0.180. The average Bonchev–Trinajstić information content (AvgIpc) is 2.76. The SMILES string of the molecule is CCn1nc(COC)cc1Nc1cc(N)c(Cl)cn1. The fourth-order valence-electron chi connectivity index (χ4n) is 1.68. The number of nitrogens with one attached hydrogen (secondary N) is 1. The van der Waals surface area contributed by atoms with Gasteiger partial charge in [0, 0.05) is 32.0 Å². The van der Waals surface area contributed by atoms with Crippen molar-refractivity contribution in [3.8, 4) is 0 Å². The van der Waals surface area contributed by atoms with Gasteiger partial charge in [0.1, 0.15) is 11.6 Å². The molecule has 0 unspecified atom stereocenters. The van der Waals surface area contributed by atoms with Gasteiger partial charge in [0.25, 0.3) is 0 Å². The molecule has 102 valence electrons. The fraction of sp³-hybridized carbons (Fsp3) is 0.333. The molecule has 0 aliphatic rings. The minimum Gasteiger partial charge on any atom is -0.397 e. The molecular weight excluding hydrogens is 266 g/mol. The van der Waals surface area contributed by atoms with Crippen LogP contribution in [0.1, 0.15) is 12.6 Å². The van der Waals surface area contributed by atoms with Gasteiger partial charge in [-0.2, -0.15) is 5.10 Å². The van der Waals surface area contributed by atoms with E-state index in [0.29, 0.717) is 23.1 Å². The molecule has 6 nitrogen and oxygen atoms in total. The Hall–Kier alpha value is -1.79. The van der Waals surface area contributed by atoms with Crippen LogP contribution in [-0.2, 0) is 17.9 Å². The highest BCUT2D eigenvalue weighted by Crippen LogP contribution is 2.23. The Morgan fingerprint density at radius 1 is 1.47 bits per heavy atom. The molecule has 0 amide bonds. The zero-order valence-electron chi connectivity index (χ0n) is 10.9. The Kier molecular flexibility index (Phi) is 4.24. The predicted molar refractivity (Wildman–Crippen MR) is 75.6 cm³/mol. The summed E-state index contributed by atoms with van der Waals surface area (Å²) in [5, 5.41) is 8.00. The first kappa shape index (κ1) is 13.6. The molecule has 0 aliphatic heterocycles. The van der Waals surface area contributed by atoms with Crippen LogP contribution in [0.25, 0.3) is 0 Å². The fourth-order valence-corrected chi connectivity index (χ4v) is 1.79. The topological polar surface area (TPSA) is 78.0 Å². The number of nitrogens with zero attached hydrogens (tertiary/aromatic N) is 3. The largest absolute Gasteiger partial charge is 0.397 e. The first-order chi connectivity index (χ1) is 9.13. The second kappa shape index (κ2) is 5.90. The summed E-state index contributed by atoms with van der Waals surface area (Å²) in [5.41, 5.74) is 7.08. The molecule has 0 fully saturated rings. The van der Waals surface area contributed by atoms with Gasteiger partial charge in [-0.25, -0.2) is 9.67 Å². The predicted octanol–water partition coefficient (Wildman–Crippen LogP) is 2.42. The van der Waals surface area contributed by atoms with E-state index in [1.165, 1.54) is 6.20 Å². The van der Waals surface area contributed by atoms with E-state index in [1.54, 1.807) is 13.2 Å². The second-order valence-electron chi connectivity index (χ2n) is 3.99. The Balaban J connectivity index is 2.23. The van der Waals surface area contributed by atoms with Crippen LogP contribution in [0.4, 0.5) is 17.3 Å². The lowest BCUT2D eigenvalue weighted by Gasteiger charge is -2.08. The van der Waals surface area contributed by atoms with E-state index >= 15 is 0 Å². The lowest BCUT2D eigenvalue weighted by Crippen LogP contribution is -2.04. The normalized spacial score (nSPS) is 10.7. The van der Waals surface area contributed by atoms with Crippen molar-refractivity contribution in [1.29, 1.82) is 0 Å². The van der Waals surface area contributed by atoms with Crippen LogP contribution in [0.2, 0.25) is 5.02 Å².